The molecule has 7 nitrogen and oxygen atoms in total. The molecule has 2 N–H and O–H groups in total. The van der Waals surface area contributed by atoms with Gasteiger partial charge in [0, 0.05) is 51.4 Å². The number of ether oxygens (including phenoxy) is 2. The highest BCUT2D eigenvalue weighted by Gasteiger charge is 2.23. The maximum atomic E-state index is 12.7. The van der Waals surface area contributed by atoms with Crippen LogP contribution in [0.15, 0.2) is 66.7 Å². The van der Waals surface area contributed by atoms with Crippen molar-refractivity contribution in [3.63, 3.8) is 0 Å². The number of carbonyl (C=O) groups is 1. The number of benzene rings is 3. The van der Waals surface area contributed by atoms with Gasteiger partial charge in [-0.05, 0) is 73.2 Å². The largest absolute Gasteiger partial charge is 0.492 e. The summed E-state index contributed by atoms with van der Waals surface area (Å²) in [5.41, 5.74) is 4.17. The molecule has 0 saturated carbocycles. The molecule has 0 aromatic heterocycles. The normalized spacial score (nSPS) is 17.0. The lowest BCUT2D eigenvalue weighted by atomic mass is 9.99. The van der Waals surface area contributed by atoms with E-state index < -0.39 is 6.10 Å². The molecule has 3 aromatic rings. The average molecular weight is 578 g/mol. The van der Waals surface area contributed by atoms with Gasteiger partial charge in [-0.1, -0.05) is 48.0 Å². The molecular formula is C33H40ClN3O4. The maximum Gasteiger partial charge on any atom is 0.251 e. The van der Waals surface area contributed by atoms with Gasteiger partial charge >= 0.3 is 0 Å². The van der Waals surface area contributed by atoms with Gasteiger partial charge < -0.3 is 19.9 Å². The van der Waals surface area contributed by atoms with Crippen LogP contribution >= 0.6 is 11.6 Å². The second-order valence-corrected chi connectivity index (χ2v) is 11.3. The molecule has 1 saturated heterocycles. The molecule has 0 spiro atoms. The van der Waals surface area contributed by atoms with E-state index in [9.17, 15) is 9.90 Å². The Morgan fingerprint density at radius 3 is 2.51 bits per heavy atom. The number of fused-ring (bicyclic) bond motifs is 1. The van der Waals surface area contributed by atoms with Crippen molar-refractivity contribution in [1.29, 1.82) is 0 Å². The average Bonchev–Trinajstić information content (AvgIpc) is 2.99. The number of rotatable bonds is 11. The first-order valence-corrected chi connectivity index (χ1v) is 15.0. The number of nitrogens with zero attached hydrogens (tertiary/aromatic N) is 2. The first-order chi connectivity index (χ1) is 20.0. The Morgan fingerprint density at radius 2 is 1.78 bits per heavy atom. The molecule has 1 amide bonds. The highest BCUT2D eigenvalue weighted by Crippen LogP contribution is 2.34. The summed E-state index contributed by atoms with van der Waals surface area (Å²) in [4.78, 5) is 17.4. The minimum Gasteiger partial charge on any atom is -0.492 e. The summed E-state index contributed by atoms with van der Waals surface area (Å²) in [6.45, 7) is 7.68. The summed E-state index contributed by atoms with van der Waals surface area (Å²) < 4.78 is 11.8. The summed E-state index contributed by atoms with van der Waals surface area (Å²) in [6.07, 6.45) is 2.28. The molecule has 2 aliphatic rings. The molecule has 0 unspecified atom stereocenters. The van der Waals surface area contributed by atoms with E-state index in [0.717, 1.165) is 68.1 Å². The van der Waals surface area contributed by atoms with Gasteiger partial charge in [0.1, 0.15) is 17.6 Å². The number of β-amino-alcohol motifs (C(OH)–C–C–N with tert-alkyl or cyclic N) is 1. The van der Waals surface area contributed by atoms with E-state index in [4.69, 9.17) is 21.1 Å². The second kappa shape index (κ2) is 14.2. The first kappa shape index (κ1) is 29.4. The molecule has 0 aliphatic carbocycles. The summed E-state index contributed by atoms with van der Waals surface area (Å²) in [7, 11) is 0. The van der Waals surface area contributed by atoms with Crippen molar-refractivity contribution in [3.05, 3.63) is 94.0 Å². The van der Waals surface area contributed by atoms with Gasteiger partial charge in [0.25, 0.3) is 5.91 Å². The van der Waals surface area contributed by atoms with Gasteiger partial charge in [0.15, 0.2) is 0 Å². The molecule has 5 rings (SSSR count). The van der Waals surface area contributed by atoms with Gasteiger partial charge in [-0.3, -0.25) is 14.6 Å². The number of hydrogen-bond acceptors (Lipinski definition) is 6. The third-order valence-electron chi connectivity index (χ3n) is 7.85. The van der Waals surface area contributed by atoms with Crippen molar-refractivity contribution in [3.8, 4) is 11.5 Å². The molecule has 2 heterocycles. The van der Waals surface area contributed by atoms with E-state index in [1.54, 1.807) is 12.1 Å². The lowest BCUT2D eigenvalue weighted by Crippen LogP contribution is -2.42. The second-order valence-electron chi connectivity index (χ2n) is 10.9. The molecule has 1 atom stereocenters. The smallest absolute Gasteiger partial charge is 0.251 e. The minimum absolute atomic E-state index is 0.182. The van der Waals surface area contributed by atoms with Crippen molar-refractivity contribution < 1.29 is 19.4 Å². The minimum atomic E-state index is -0.672. The fraction of sp³-hybridized carbons (Fsp3) is 0.424. The third-order valence-corrected chi connectivity index (χ3v) is 8.26. The van der Waals surface area contributed by atoms with E-state index in [-0.39, 0.29) is 18.6 Å². The van der Waals surface area contributed by atoms with E-state index in [2.05, 4.69) is 45.4 Å². The maximum absolute atomic E-state index is 12.7. The predicted molar refractivity (Wildman–Crippen MR) is 162 cm³/mol. The van der Waals surface area contributed by atoms with Gasteiger partial charge in [0.05, 0.1) is 17.7 Å². The van der Waals surface area contributed by atoms with Gasteiger partial charge in [0.2, 0.25) is 0 Å². The van der Waals surface area contributed by atoms with Crippen molar-refractivity contribution in [2.75, 3.05) is 39.3 Å². The molecule has 0 bridgehead atoms. The zero-order chi connectivity index (χ0) is 28.6. The van der Waals surface area contributed by atoms with E-state index in [1.165, 1.54) is 5.56 Å². The summed E-state index contributed by atoms with van der Waals surface area (Å²) in [5.74, 6) is 1.30. The van der Waals surface area contributed by atoms with Crippen LogP contribution in [0.25, 0.3) is 0 Å². The van der Waals surface area contributed by atoms with Gasteiger partial charge in [-0.2, -0.15) is 0 Å². The molecule has 0 radical (unpaired) electrons. The lowest BCUT2D eigenvalue weighted by molar-refractivity contribution is 0.0841. The third kappa shape index (κ3) is 8.01. The van der Waals surface area contributed by atoms with Crippen molar-refractivity contribution in [2.45, 2.75) is 51.5 Å². The number of likely N-dealkylation sites (tertiary alicyclic amines) is 1. The van der Waals surface area contributed by atoms with Gasteiger partial charge in [-0.15, -0.1) is 0 Å². The first-order valence-electron chi connectivity index (χ1n) is 14.6. The SMILES string of the molecule is CCOc1ccc2c(c1Cl)CCN(C[C@@H](O)CNC(=O)c1ccc(OC3CCN(Cc4ccccc4)CC3)cc1)C2. The molecule has 1 fully saturated rings. The summed E-state index contributed by atoms with van der Waals surface area (Å²) >= 11 is 6.54. The Balaban J connectivity index is 1.02. The van der Waals surface area contributed by atoms with Crippen LogP contribution in [0, 0.1) is 0 Å². The number of carbonyl (C=O) groups excluding carboxylic acids is 1. The van der Waals surface area contributed by atoms with Gasteiger partial charge in [-0.25, -0.2) is 0 Å². The molecule has 218 valence electrons. The van der Waals surface area contributed by atoms with E-state index >= 15 is 0 Å². The molecule has 8 heteroatoms. The van der Waals surface area contributed by atoms with Crippen LogP contribution in [0.2, 0.25) is 5.02 Å². The number of piperidine rings is 1. The van der Waals surface area contributed by atoms with Crippen LogP contribution in [0.3, 0.4) is 0 Å². The molecule has 2 aliphatic heterocycles. The predicted octanol–water partition coefficient (Wildman–Crippen LogP) is 4.93. The van der Waals surface area contributed by atoms with Crippen molar-refractivity contribution >= 4 is 17.5 Å². The Kier molecular flexibility index (Phi) is 10.2. The van der Waals surface area contributed by atoms with Crippen molar-refractivity contribution in [2.24, 2.45) is 0 Å². The Morgan fingerprint density at radius 1 is 1.02 bits per heavy atom. The number of halogens is 1. The molecule has 3 aromatic carbocycles. The number of aliphatic hydroxyl groups is 1. The quantitative estimate of drug-likeness (QED) is 0.337. The van der Waals surface area contributed by atoms with Crippen LogP contribution in [0.4, 0.5) is 0 Å². The Bertz CT molecular complexity index is 1280. The molecule has 41 heavy (non-hydrogen) atoms. The Hall–Kier alpha value is -3.10. The Labute approximate surface area is 248 Å². The lowest BCUT2D eigenvalue weighted by Gasteiger charge is -2.32. The van der Waals surface area contributed by atoms with Crippen LogP contribution in [-0.4, -0.2) is 72.4 Å². The zero-order valence-electron chi connectivity index (χ0n) is 23.7. The summed E-state index contributed by atoms with van der Waals surface area (Å²) in [5, 5.41) is 14.2. The van der Waals surface area contributed by atoms with E-state index in [1.807, 2.05) is 31.2 Å². The van der Waals surface area contributed by atoms with Crippen molar-refractivity contribution in [1.82, 2.24) is 15.1 Å². The standard InChI is InChI=1S/C33H40ClN3O4/c1-2-40-31-13-10-26-22-37(19-16-30(26)32(31)34)23-27(38)20-35-33(39)25-8-11-28(12-9-25)41-29-14-17-36(18-15-29)21-24-6-4-3-5-7-24/h3-13,27,29,38H,2,14-23H2,1H3,(H,35,39)/t27-/m0/s1. The van der Waals surface area contributed by atoms with Crippen LogP contribution in [0.5, 0.6) is 11.5 Å². The number of amides is 1. The highest BCUT2D eigenvalue weighted by atomic mass is 35.5. The number of aliphatic hydroxyl groups excluding tert-OH is 1. The fourth-order valence-corrected chi connectivity index (χ4v) is 5.98. The van der Waals surface area contributed by atoms with Crippen LogP contribution in [0.1, 0.15) is 46.8 Å². The monoisotopic (exact) mass is 577 g/mol. The summed E-state index contributed by atoms with van der Waals surface area (Å²) in [6, 6.07) is 21.8. The van der Waals surface area contributed by atoms with Crippen LogP contribution < -0.4 is 14.8 Å². The van der Waals surface area contributed by atoms with E-state index in [0.29, 0.717) is 30.3 Å². The highest BCUT2D eigenvalue weighted by molar-refractivity contribution is 6.33. The topological polar surface area (TPSA) is 74.3 Å². The zero-order valence-corrected chi connectivity index (χ0v) is 24.5. The number of nitrogens with one attached hydrogen (secondary N) is 1. The molecular weight excluding hydrogens is 538 g/mol. The number of hydrogen-bond donors (Lipinski definition) is 2. The van der Waals surface area contributed by atoms with Crippen LogP contribution in [-0.2, 0) is 19.5 Å². The fourth-order valence-electron chi connectivity index (χ4n) is 5.65.